The number of hydrogen-bond donors (Lipinski definition) is 1. The normalized spacial score (nSPS) is 10.6. The quantitative estimate of drug-likeness (QED) is 0.764. The summed E-state index contributed by atoms with van der Waals surface area (Å²) in [5.74, 6) is 0. The number of rotatable bonds is 3. The van der Waals surface area contributed by atoms with Crippen LogP contribution in [0.5, 0.6) is 0 Å². The average molecular weight is 241 g/mol. The summed E-state index contributed by atoms with van der Waals surface area (Å²) in [5.41, 5.74) is 2.06. The monoisotopic (exact) mass is 241 g/mol. The third-order valence-electron chi connectivity index (χ3n) is 2.45. The number of thiazole rings is 1. The van der Waals surface area contributed by atoms with Crippen molar-refractivity contribution in [2.45, 2.75) is 6.54 Å². The largest absolute Gasteiger partial charge is 0.357 e. The van der Waals surface area contributed by atoms with Crippen LogP contribution in [0.1, 0.15) is 5.56 Å². The van der Waals surface area contributed by atoms with Crippen molar-refractivity contribution in [2.24, 2.45) is 0 Å². The second-order valence-electron chi connectivity index (χ2n) is 3.68. The summed E-state index contributed by atoms with van der Waals surface area (Å²) >= 11 is 1.63. The summed E-state index contributed by atoms with van der Waals surface area (Å²) in [6, 6.07) is 14.3. The molecule has 1 N–H and O–H groups in total. The Labute approximate surface area is 103 Å². The lowest BCUT2D eigenvalue weighted by Gasteiger charge is -2.01. The van der Waals surface area contributed by atoms with Crippen LogP contribution in [-0.4, -0.2) is 9.97 Å². The van der Waals surface area contributed by atoms with Gasteiger partial charge in [-0.25, -0.2) is 9.97 Å². The Kier molecular flexibility index (Phi) is 2.71. The number of nitrogens with zero attached hydrogens (tertiary/aromatic N) is 2. The van der Waals surface area contributed by atoms with Gasteiger partial charge in [0.05, 0.1) is 4.70 Å². The molecule has 0 spiro atoms. The van der Waals surface area contributed by atoms with Crippen LogP contribution in [0.4, 0.5) is 5.13 Å². The Morgan fingerprint density at radius 1 is 1.06 bits per heavy atom. The molecule has 0 saturated heterocycles. The highest BCUT2D eigenvalue weighted by Crippen LogP contribution is 2.24. The molecule has 0 radical (unpaired) electrons. The van der Waals surface area contributed by atoms with Gasteiger partial charge >= 0.3 is 0 Å². The van der Waals surface area contributed by atoms with Gasteiger partial charge in [0.2, 0.25) is 0 Å². The first kappa shape index (κ1) is 10.2. The highest BCUT2D eigenvalue weighted by atomic mass is 32.1. The lowest BCUT2D eigenvalue weighted by Crippen LogP contribution is -1.98. The summed E-state index contributed by atoms with van der Waals surface area (Å²) < 4.78 is 1.11. The molecule has 3 rings (SSSR count). The molecule has 4 heteroatoms. The molecule has 84 valence electrons. The number of pyridine rings is 1. The highest BCUT2D eigenvalue weighted by molar-refractivity contribution is 7.22. The fourth-order valence-electron chi connectivity index (χ4n) is 1.62. The Balaban J connectivity index is 1.77. The minimum Gasteiger partial charge on any atom is -0.357 e. The minimum atomic E-state index is 0.792. The third-order valence-corrected chi connectivity index (χ3v) is 3.42. The van der Waals surface area contributed by atoms with Crippen LogP contribution in [0, 0.1) is 0 Å². The van der Waals surface area contributed by atoms with Crippen molar-refractivity contribution in [2.75, 3.05) is 5.32 Å². The van der Waals surface area contributed by atoms with Gasteiger partial charge in [0.15, 0.2) is 10.8 Å². The van der Waals surface area contributed by atoms with Crippen LogP contribution in [0.25, 0.3) is 10.3 Å². The summed E-state index contributed by atoms with van der Waals surface area (Å²) in [6.07, 6.45) is 1.77. The first-order valence-corrected chi connectivity index (χ1v) is 6.23. The zero-order valence-electron chi connectivity index (χ0n) is 9.13. The van der Waals surface area contributed by atoms with E-state index in [0.717, 1.165) is 22.0 Å². The number of benzene rings is 1. The molecule has 2 heterocycles. The molecule has 0 atom stereocenters. The molecule has 2 aromatic heterocycles. The van der Waals surface area contributed by atoms with Gasteiger partial charge in [-0.1, -0.05) is 41.7 Å². The molecule has 0 unspecified atom stereocenters. The van der Waals surface area contributed by atoms with Gasteiger partial charge < -0.3 is 5.32 Å². The number of fused-ring (bicyclic) bond motifs is 1. The van der Waals surface area contributed by atoms with E-state index in [1.807, 2.05) is 30.3 Å². The van der Waals surface area contributed by atoms with Crippen molar-refractivity contribution in [3.05, 3.63) is 54.2 Å². The third kappa shape index (κ3) is 2.26. The summed E-state index contributed by atoms with van der Waals surface area (Å²) in [4.78, 5) is 8.64. The molecule has 1 aromatic carbocycles. The summed E-state index contributed by atoms with van der Waals surface area (Å²) in [5, 5.41) is 4.24. The molecular formula is C13H11N3S. The Hall–Kier alpha value is -1.94. The minimum absolute atomic E-state index is 0.792. The molecule has 0 aliphatic heterocycles. The zero-order valence-corrected chi connectivity index (χ0v) is 9.95. The molecule has 3 aromatic rings. The van der Waals surface area contributed by atoms with E-state index in [9.17, 15) is 0 Å². The molecule has 0 saturated carbocycles. The Morgan fingerprint density at radius 2 is 1.94 bits per heavy atom. The van der Waals surface area contributed by atoms with Gasteiger partial charge in [0.25, 0.3) is 0 Å². The molecule has 17 heavy (non-hydrogen) atoms. The first-order valence-electron chi connectivity index (χ1n) is 5.41. The van der Waals surface area contributed by atoms with Gasteiger partial charge in [0.1, 0.15) is 0 Å². The van der Waals surface area contributed by atoms with Gasteiger partial charge in [-0.15, -0.1) is 0 Å². The van der Waals surface area contributed by atoms with Crippen molar-refractivity contribution in [1.82, 2.24) is 9.97 Å². The van der Waals surface area contributed by atoms with Gasteiger partial charge in [-0.05, 0) is 17.7 Å². The fraction of sp³-hybridized carbons (Fsp3) is 0.0769. The highest BCUT2D eigenvalue weighted by Gasteiger charge is 2.02. The fourth-order valence-corrected chi connectivity index (χ4v) is 2.44. The molecular weight excluding hydrogens is 230 g/mol. The maximum atomic E-state index is 4.42. The lowest BCUT2D eigenvalue weighted by atomic mass is 10.2. The average Bonchev–Trinajstić information content (AvgIpc) is 2.80. The second-order valence-corrected chi connectivity index (χ2v) is 4.71. The Morgan fingerprint density at radius 3 is 2.76 bits per heavy atom. The zero-order chi connectivity index (χ0) is 11.5. The van der Waals surface area contributed by atoms with Crippen LogP contribution in [0.2, 0.25) is 0 Å². The van der Waals surface area contributed by atoms with Crippen LogP contribution in [0.3, 0.4) is 0 Å². The molecule has 0 amide bonds. The molecule has 0 aliphatic carbocycles. The lowest BCUT2D eigenvalue weighted by molar-refractivity contribution is 1.14. The van der Waals surface area contributed by atoms with E-state index < -0.39 is 0 Å². The predicted molar refractivity (Wildman–Crippen MR) is 71.2 cm³/mol. The van der Waals surface area contributed by atoms with Crippen molar-refractivity contribution in [1.29, 1.82) is 0 Å². The van der Waals surface area contributed by atoms with Crippen LogP contribution >= 0.6 is 11.3 Å². The van der Waals surface area contributed by atoms with Crippen molar-refractivity contribution in [3.8, 4) is 0 Å². The summed E-state index contributed by atoms with van der Waals surface area (Å²) in [6.45, 7) is 0.792. The molecule has 3 nitrogen and oxygen atoms in total. The van der Waals surface area contributed by atoms with Gasteiger partial charge in [-0.2, -0.15) is 0 Å². The Bertz CT molecular complexity index is 586. The van der Waals surface area contributed by atoms with Crippen molar-refractivity contribution < 1.29 is 0 Å². The van der Waals surface area contributed by atoms with Crippen molar-refractivity contribution in [3.63, 3.8) is 0 Å². The number of anilines is 1. The number of aromatic nitrogens is 2. The second kappa shape index (κ2) is 4.51. The maximum Gasteiger partial charge on any atom is 0.185 e. The van der Waals surface area contributed by atoms with Crippen LogP contribution in [-0.2, 0) is 6.54 Å². The molecule has 0 bridgehead atoms. The maximum absolute atomic E-state index is 4.42. The van der Waals surface area contributed by atoms with Gasteiger partial charge in [-0.3, -0.25) is 0 Å². The first-order chi connectivity index (χ1) is 8.42. The summed E-state index contributed by atoms with van der Waals surface area (Å²) in [7, 11) is 0. The SMILES string of the molecule is c1ccc(CNc2nc3ncccc3s2)cc1. The van der Waals surface area contributed by atoms with Crippen LogP contribution in [0.15, 0.2) is 48.7 Å². The molecule has 0 aliphatic rings. The van der Waals surface area contributed by atoms with E-state index in [1.54, 1.807) is 17.5 Å². The van der Waals surface area contributed by atoms with E-state index in [4.69, 9.17) is 0 Å². The topological polar surface area (TPSA) is 37.8 Å². The van der Waals surface area contributed by atoms with Crippen molar-refractivity contribution >= 4 is 26.8 Å². The number of nitrogens with one attached hydrogen (secondary N) is 1. The van der Waals surface area contributed by atoms with E-state index >= 15 is 0 Å². The van der Waals surface area contributed by atoms with E-state index in [0.29, 0.717) is 0 Å². The van der Waals surface area contributed by atoms with Gasteiger partial charge in [0, 0.05) is 12.7 Å². The number of hydrogen-bond acceptors (Lipinski definition) is 4. The predicted octanol–water partition coefficient (Wildman–Crippen LogP) is 3.30. The van der Waals surface area contributed by atoms with E-state index in [1.165, 1.54) is 5.56 Å². The molecule has 0 fully saturated rings. The van der Waals surface area contributed by atoms with Crippen LogP contribution < -0.4 is 5.32 Å². The van der Waals surface area contributed by atoms with E-state index in [2.05, 4.69) is 27.4 Å². The standard InChI is InChI=1S/C13H11N3S/c1-2-5-10(6-3-1)9-15-13-16-12-11(17-13)7-4-8-14-12/h1-8H,9H2,(H,14,15,16). The smallest absolute Gasteiger partial charge is 0.185 e. The van der Waals surface area contributed by atoms with E-state index in [-0.39, 0.29) is 0 Å².